The third-order valence-corrected chi connectivity index (χ3v) is 0. The Morgan fingerprint density at radius 2 is 1.00 bits per heavy atom. The average molecular weight is 172 g/mol. The Labute approximate surface area is 56.9 Å². The van der Waals surface area contributed by atoms with E-state index in [1.54, 1.807) is 0 Å². The van der Waals surface area contributed by atoms with Crippen LogP contribution in [0.4, 0.5) is 0 Å². The SMILES string of the molecule is ClCCl.[Mn+4].[O-2].[O-2]. The van der Waals surface area contributed by atoms with Crippen LogP contribution in [-0.2, 0) is 28.0 Å². The van der Waals surface area contributed by atoms with Gasteiger partial charge in [-0.1, -0.05) is 0 Å². The summed E-state index contributed by atoms with van der Waals surface area (Å²) in [6.45, 7) is 0. The summed E-state index contributed by atoms with van der Waals surface area (Å²) in [4.78, 5) is 0. The van der Waals surface area contributed by atoms with Crippen molar-refractivity contribution in [2.45, 2.75) is 0 Å². The zero-order valence-corrected chi connectivity index (χ0v) is 5.35. The molecule has 0 saturated heterocycles. The number of rotatable bonds is 0. The molecular weight excluding hydrogens is 170 g/mol. The van der Waals surface area contributed by atoms with E-state index in [-0.39, 0.29) is 33.4 Å². The van der Waals surface area contributed by atoms with Crippen LogP contribution in [0.3, 0.4) is 0 Å². The molecule has 0 aliphatic rings. The second-order valence-corrected chi connectivity index (χ2v) is 0.909. The van der Waals surface area contributed by atoms with Crippen molar-refractivity contribution in [2.24, 2.45) is 0 Å². The monoisotopic (exact) mass is 171 g/mol. The van der Waals surface area contributed by atoms with E-state index in [9.17, 15) is 0 Å². The van der Waals surface area contributed by atoms with Crippen molar-refractivity contribution in [1.29, 1.82) is 0 Å². The number of hydrogen-bond donors (Lipinski definition) is 0. The fourth-order valence-electron chi connectivity index (χ4n) is 0. The summed E-state index contributed by atoms with van der Waals surface area (Å²) < 4.78 is 0. The maximum Gasteiger partial charge on any atom is 4.00 e. The maximum absolute atomic E-state index is 4.76. The molecule has 0 fully saturated rings. The molecule has 0 aliphatic carbocycles. The minimum Gasteiger partial charge on any atom is -2.00 e. The van der Waals surface area contributed by atoms with Gasteiger partial charge in [-0.2, -0.15) is 0 Å². The van der Waals surface area contributed by atoms with Gasteiger partial charge in [0, 0.05) is 0 Å². The van der Waals surface area contributed by atoms with Gasteiger partial charge in [0.25, 0.3) is 0 Å². The minimum absolute atomic E-state index is 0. The van der Waals surface area contributed by atoms with Gasteiger partial charge in [0.15, 0.2) is 0 Å². The number of hydrogen-bond acceptors (Lipinski definition) is 0. The summed E-state index contributed by atoms with van der Waals surface area (Å²) in [6, 6.07) is 0. The van der Waals surface area contributed by atoms with E-state index < -0.39 is 0 Å². The quantitative estimate of drug-likeness (QED) is 0.389. The summed E-state index contributed by atoms with van der Waals surface area (Å²) >= 11 is 9.53. The van der Waals surface area contributed by atoms with E-state index in [1.807, 2.05) is 0 Å². The van der Waals surface area contributed by atoms with Crippen molar-refractivity contribution < 1.29 is 28.0 Å². The van der Waals surface area contributed by atoms with Crippen molar-refractivity contribution in [2.75, 3.05) is 5.34 Å². The first kappa shape index (κ1) is 27.9. The molecule has 5 heteroatoms. The van der Waals surface area contributed by atoms with Gasteiger partial charge in [0.1, 0.15) is 0 Å². The molecule has 0 amide bonds. The molecule has 0 saturated carbocycles. The molecule has 0 bridgehead atoms. The predicted molar refractivity (Wildman–Crippen MR) is 17.9 cm³/mol. The molecule has 6 heavy (non-hydrogen) atoms. The van der Waals surface area contributed by atoms with Gasteiger partial charge in [-0.05, 0) is 0 Å². The Balaban J connectivity index is -0.00000000667. The summed E-state index contributed by atoms with van der Waals surface area (Å²) in [5, 5.41) is 0.194. The maximum atomic E-state index is 4.76. The second-order valence-electron chi connectivity index (χ2n) is 0.101. The molecule has 0 aliphatic heterocycles. The third kappa shape index (κ3) is 78.0. The van der Waals surface area contributed by atoms with E-state index in [4.69, 9.17) is 23.2 Å². The molecule has 0 rings (SSSR count). The van der Waals surface area contributed by atoms with Crippen LogP contribution in [-0.4, -0.2) is 5.34 Å². The van der Waals surface area contributed by atoms with Crippen LogP contribution in [0.5, 0.6) is 0 Å². The molecule has 0 aromatic carbocycles. The summed E-state index contributed by atoms with van der Waals surface area (Å²) in [5.41, 5.74) is 0. The Morgan fingerprint density at radius 3 is 1.00 bits per heavy atom. The molecule has 0 spiro atoms. The van der Waals surface area contributed by atoms with Crippen molar-refractivity contribution in [3.05, 3.63) is 0 Å². The Hall–Kier alpha value is 1.02. The zero-order chi connectivity index (χ0) is 2.71. The molecule has 0 heterocycles. The fraction of sp³-hybridized carbons (Fsp3) is 1.00. The summed E-state index contributed by atoms with van der Waals surface area (Å²) in [6.07, 6.45) is 0. The van der Waals surface area contributed by atoms with E-state index in [1.165, 1.54) is 0 Å². The third-order valence-electron chi connectivity index (χ3n) is 0. The molecule has 0 N–H and O–H groups in total. The molecule has 2 nitrogen and oxygen atoms in total. The summed E-state index contributed by atoms with van der Waals surface area (Å²) in [5.74, 6) is 0. The molecule has 1 radical (unpaired) electrons. The van der Waals surface area contributed by atoms with Crippen molar-refractivity contribution in [1.82, 2.24) is 0 Å². The molecule has 0 aromatic heterocycles. The van der Waals surface area contributed by atoms with Crippen LogP contribution >= 0.6 is 23.2 Å². The molecule has 0 aromatic rings. The number of alkyl halides is 2. The van der Waals surface area contributed by atoms with Crippen LogP contribution in [0.25, 0.3) is 0 Å². The van der Waals surface area contributed by atoms with E-state index in [2.05, 4.69) is 0 Å². The van der Waals surface area contributed by atoms with Crippen LogP contribution in [0.15, 0.2) is 0 Å². The van der Waals surface area contributed by atoms with Crippen molar-refractivity contribution >= 4 is 23.2 Å². The van der Waals surface area contributed by atoms with Crippen molar-refractivity contribution in [3.8, 4) is 0 Å². The van der Waals surface area contributed by atoms with Gasteiger partial charge in [0.2, 0.25) is 0 Å². The van der Waals surface area contributed by atoms with Gasteiger partial charge >= 0.3 is 17.1 Å². The van der Waals surface area contributed by atoms with E-state index in [0.29, 0.717) is 0 Å². The topological polar surface area (TPSA) is 57.0 Å². The van der Waals surface area contributed by atoms with Gasteiger partial charge in [-0.15, -0.1) is 23.2 Å². The number of halogens is 2. The summed E-state index contributed by atoms with van der Waals surface area (Å²) in [7, 11) is 0. The standard InChI is InChI=1S/CH2Cl2.Mn.2O/c2-1-3;;;/h1H2;;;/q;+4;2*-2. The van der Waals surface area contributed by atoms with Gasteiger partial charge < -0.3 is 11.0 Å². The van der Waals surface area contributed by atoms with Crippen LogP contribution in [0.2, 0.25) is 0 Å². The Kier molecular flexibility index (Phi) is 173. The van der Waals surface area contributed by atoms with Crippen LogP contribution in [0.1, 0.15) is 0 Å². The second kappa shape index (κ2) is 37.2. The Morgan fingerprint density at radius 1 is 1.00 bits per heavy atom. The normalized spacial score (nSPS) is 3.00. The first-order chi connectivity index (χ1) is 1.41. The largest absolute Gasteiger partial charge is 4.00 e. The minimum atomic E-state index is 0. The average Bonchev–Trinajstić information content (AvgIpc) is 0.918. The molecule has 0 atom stereocenters. The van der Waals surface area contributed by atoms with E-state index >= 15 is 0 Å². The molecule has 0 unspecified atom stereocenters. The molecular formula is CH2Cl2MnO2. The van der Waals surface area contributed by atoms with Crippen LogP contribution in [0, 0.1) is 0 Å². The van der Waals surface area contributed by atoms with Gasteiger partial charge in [-0.25, -0.2) is 0 Å². The smallest absolute Gasteiger partial charge is 2.00 e. The van der Waals surface area contributed by atoms with Gasteiger partial charge in [0.05, 0.1) is 5.34 Å². The van der Waals surface area contributed by atoms with Crippen LogP contribution < -0.4 is 0 Å². The zero-order valence-electron chi connectivity index (χ0n) is 2.66. The van der Waals surface area contributed by atoms with Gasteiger partial charge in [-0.3, -0.25) is 0 Å². The predicted octanol–water partition coefficient (Wildman–Crippen LogP) is 1.18. The molecule has 39 valence electrons. The van der Waals surface area contributed by atoms with Crippen molar-refractivity contribution in [3.63, 3.8) is 0 Å². The first-order valence-electron chi connectivity index (χ1n) is 0.535. The fourth-order valence-corrected chi connectivity index (χ4v) is 0. The Bertz CT molecular complexity index is 11.5. The first-order valence-corrected chi connectivity index (χ1v) is 1.60. The van der Waals surface area contributed by atoms with E-state index in [0.717, 1.165) is 0 Å².